The van der Waals surface area contributed by atoms with Crippen molar-refractivity contribution in [3.8, 4) is 11.5 Å². The normalized spacial score (nSPS) is 13.9. The summed E-state index contributed by atoms with van der Waals surface area (Å²) in [5.41, 5.74) is 7.00. The van der Waals surface area contributed by atoms with E-state index in [0.29, 0.717) is 0 Å². The predicted octanol–water partition coefficient (Wildman–Crippen LogP) is 6.79. The molecule has 0 amide bonds. The Morgan fingerprint density at radius 2 is 1.00 bits per heavy atom. The molecule has 1 aliphatic heterocycles. The summed E-state index contributed by atoms with van der Waals surface area (Å²) in [6, 6.07) is 34.6. The average Bonchev–Trinajstić information content (AvgIpc) is 2.72. The minimum absolute atomic E-state index is 0.413. The molecule has 5 rings (SSSR count). The highest BCUT2D eigenvalue weighted by molar-refractivity contribution is 5.69. The molecule has 0 saturated heterocycles. The van der Waals surface area contributed by atoms with Crippen molar-refractivity contribution in [2.45, 2.75) is 19.3 Å². The molecule has 4 aromatic rings. The van der Waals surface area contributed by atoms with Crippen molar-refractivity contribution in [1.29, 1.82) is 0 Å². The Labute approximate surface area is 166 Å². The second-order valence-electron chi connectivity index (χ2n) is 7.58. The van der Waals surface area contributed by atoms with Crippen LogP contribution in [0.25, 0.3) is 0 Å². The Balaban J connectivity index is 1.98. The number of ether oxygens (including phenoxy) is 1. The molecule has 0 unspecified atom stereocenters. The summed E-state index contributed by atoms with van der Waals surface area (Å²) in [5.74, 6) is 1.84. The first-order valence-corrected chi connectivity index (χ1v) is 9.71. The molecule has 1 aliphatic rings. The van der Waals surface area contributed by atoms with Crippen LogP contribution in [-0.4, -0.2) is 0 Å². The Bertz CT molecular complexity index is 1080. The van der Waals surface area contributed by atoms with Gasteiger partial charge < -0.3 is 4.74 Å². The lowest BCUT2D eigenvalue weighted by Gasteiger charge is -2.41. The number of rotatable bonds is 2. The van der Waals surface area contributed by atoms with Crippen molar-refractivity contribution in [3.05, 3.63) is 130 Å². The van der Waals surface area contributed by atoms with Crippen molar-refractivity contribution in [2.75, 3.05) is 0 Å². The summed E-state index contributed by atoms with van der Waals surface area (Å²) >= 11 is 0. The molecule has 1 heterocycles. The van der Waals surface area contributed by atoms with Crippen LogP contribution in [0.4, 0.5) is 0 Å². The van der Waals surface area contributed by atoms with Gasteiger partial charge in [0.05, 0.1) is 5.41 Å². The van der Waals surface area contributed by atoms with Crippen LogP contribution in [0.3, 0.4) is 0 Å². The number of aryl methyl sites for hydroxylation is 2. The largest absolute Gasteiger partial charge is 0.457 e. The minimum Gasteiger partial charge on any atom is -0.457 e. The van der Waals surface area contributed by atoms with E-state index in [-0.39, 0.29) is 0 Å². The topological polar surface area (TPSA) is 9.23 Å². The molecule has 4 aromatic carbocycles. The molecule has 0 atom stereocenters. The maximum absolute atomic E-state index is 6.34. The van der Waals surface area contributed by atoms with Gasteiger partial charge in [0, 0.05) is 11.1 Å². The summed E-state index contributed by atoms with van der Waals surface area (Å²) in [5, 5.41) is 0. The standard InChI is InChI=1S/C27H22O/c1-19-9-7-11-21(17-19)27(22-12-8-10-20(2)18-22)23-13-3-5-15-25(23)28-26-16-6-4-14-24(26)27/h3-18H,1-2H3. The van der Waals surface area contributed by atoms with E-state index < -0.39 is 5.41 Å². The number of benzene rings is 4. The number of fused-ring (bicyclic) bond motifs is 2. The van der Waals surface area contributed by atoms with Crippen LogP contribution < -0.4 is 4.74 Å². The monoisotopic (exact) mass is 362 g/mol. The third kappa shape index (κ3) is 2.40. The second kappa shape index (κ2) is 6.38. The van der Waals surface area contributed by atoms with Gasteiger partial charge in [-0.25, -0.2) is 0 Å². The van der Waals surface area contributed by atoms with Gasteiger partial charge in [-0.15, -0.1) is 0 Å². The first-order valence-electron chi connectivity index (χ1n) is 9.71. The van der Waals surface area contributed by atoms with Gasteiger partial charge in [-0.1, -0.05) is 96.1 Å². The van der Waals surface area contributed by atoms with Crippen LogP contribution >= 0.6 is 0 Å². The van der Waals surface area contributed by atoms with Crippen molar-refractivity contribution in [1.82, 2.24) is 0 Å². The first kappa shape index (κ1) is 16.8. The predicted molar refractivity (Wildman–Crippen MR) is 114 cm³/mol. The third-order valence-electron chi connectivity index (χ3n) is 5.70. The fourth-order valence-corrected chi connectivity index (χ4v) is 4.54. The summed E-state index contributed by atoms with van der Waals surface area (Å²) in [6.07, 6.45) is 0. The number of hydrogen-bond donors (Lipinski definition) is 0. The maximum atomic E-state index is 6.34. The molecule has 0 aliphatic carbocycles. The van der Waals surface area contributed by atoms with Crippen LogP contribution in [0.5, 0.6) is 11.5 Å². The lowest BCUT2D eigenvalue weighted by Crippen LogP contribution is -2.34. The molecule has 0 aromatic heterocycles. The molecule has 0 spiro atoms. The quantitative estimate of drug-likeness (QED) is 0.336. The summed E-state index contributed by atoms with van der Waals surface area (Å²) in [7, 11) is 0. The second-order valence-corrected chi connectivity index (χ2v) is 7.58. The van der Waals surface area contributed by atoms with E-state index in [2.05, 4.69) is 98.8 Å². The van der Waals surface area contributed by atoms with Gasteiger partial charge in [-0.05, 0) is 37.1 Å². The molecule has 0 radical (unpaired) electrons. The van der Waals surface area contributed by atoms with Crippen LogP contribution in [0.2, 0.25) is 0 Å². The Morgan fingerprint density at radius 1 is 0.536 bits per heavy atom. The van der Waals surface area contributed by atoms with Crippen molar-refractivity contribution in [3.63, 3.8) is 0 Å². The fourth-order valence-electron chi connectivity index (χ4n) is 4.54. The highest BCUT2D eigenvalue weighted by Crippen LogP contribution is 2.55. The van der Waals surface area contributed by atoms with Crippen LogP contribution in [0.15, 0.2) is 97.1 Å². The summed E-state index contributed by atoms with van der Waals surface area (Å²) in [6.45, 7) is 4.31. The van der Waals surface area contributed by atoms with Crippen LogP contribution in [0, 0.1) is 13.8 Å². The molecule has 1 heteroatoms. The van der Waals surface area contributed by atoms with E-state index in [9.17, 15) is 0 Å². The van der Waals surface area contributed by atoms with Gasteiger partial charge in [0.1, 0.15) is 11.5 Å². The Morgan fingerprint density at radius 3 is 1.46 bits per heavy atom. The number of hydrogen-bond acceptors (Lipinski definition) is 1. The Hall–Kier alpha value is -3.32. The zero-order valence-corrected chi connectivity index (χ0v) is 16.1. The summed E-state index contributed by atoms with van der Waals surface area (Å²) in [4.78, 5) is 0. The summed E-state index contributed by atoms with van der Waals surface area (Å²) < 4.78 is 6.34. The van der Waals surface area contributed by atoms with Crippen molar-refractivity contribution < 1.29 is 4.74 Å². The smallest absolute Gasteiger partial charge is 0.132 e. The van der Waals surface area contributed by atoms with Gasteiger partial charge in [-0.2, -0.15) is 0 Å². The zero-order chi connectivity index (χ0) is 19.1. The molecule has 136 valence electrons. The number of para-hydroxylation sites is 2. The highest BCUT2D eigenvalue weighted by atomic mass is 16.5. The van der Waals surface area contributed by atoms with Crippen LogP contribution in [-0.2, 0) is 5.41 Å². The van der Waals surface area contributed by atoms with Gasteiger partial charge in [0.2, 0.25) is 0 Å². The van der Waals surface area contributed by atoms with Crippen LogP contribution in [0.1, 0.15) is 33.4 Å². The molecule has 0 fully saturated rings. The lowest BCUT2D eigenvalue weighted by atomic mass is 9.63. The van der Waals surface area contributed by atoms with Gasteiger partial charge in [0.15, 0.2) is 0 Å². The highest BCUT2D eigenvalue weighted by Gasteiger charge is 2.45. The van der Waals surface area contributed by atoms with E-state index in [0.717, 1.165) is 11.5 Å². The molecule has 0 bridgehead atoms. The molecule has 28 heavy (non-hydrogen) atoms. The SMILES string of the molecule is Cc1cccc(C2(c3cccc(C)c3)c3ccccc3Oc3ccccc32)c1. The van der Waals surface area contributed by atoms with Gasteiger partial charge in [0.25, 0.3) is 0 Å². The molecule has 0 saturated carbocycles. The fraction of sp³-hybridized carbons (Fsp3) is 0.111. The van der Waals surface area contributed by atoms with Gasteiger partial charge >= 0.3 is 0 Å². The Kier molecular flexibility index (Phi) is 3.84. The molecule has 0 N–H and O–H groups in total. The van der Waals surface area contributed by atoms with E-state index in [1.165, 1.54) is 33.4 Å². The van der Waals surface area contributed by atoms with E-state index in [1.54, 1.807) is 0 Å². The lowest BCUT2D eigenvalue weighted by molar-refractivity contribution is 0.434. The molecular weight excluding hydrogens is 340 g/mol. The van der Waals surface area contributed by atoms with E-state index in [4.69, 9.17) is 4.74 Å². The third-order valence-corrected chi connectivity index (χ3v) is 5.70. The zero-order valence-electron chi connectivity index (χ0n) is 16.1. The van der Waals surface area contributed by atoms with Gasteiger partial charge in [-0.3, -0.25) is 0 Å². The molecular formula is C27H22O. The van der Waals surface area contributed by atoms with E-state index >= 15 is 0 Å². The van der Waals surface area contributed by atoms with E-state index in [1.807, 2.05) is 12.1 Å². The maximum Gasteiger partial charge on any atom is 0.132 e. The average molecular weight is 362 g/mol. The first-order chi connectivity index (χ1) is 13.7. The van der Waals surface area contributed by atoms with Crippen molar-refractivity contribution >= 4 is 0 Å². The van der Waals surface area contributed by atoms with Crippen molar-refractivity contribution in [2.24, 2.45) is 0 Å². The molecule has 1 nitrogen and oxygen atoms in total. The minimum atomic E-state index is -0.413.